The quantitative estimate of drug-likeness (QED) is 0.532. The van der Waals surface area contributed by atoms with Crippen molar-refractivity contribution in [3.8, 4) is 5.75 Å². The van der Waals surface area contributed by atoms with Gasteiger partial charge in [-0.15, -0.1) is 0 Å². The number of aryl methyl sites for hydroxylation is 1. The summed E-state index contributed by atoms with van der Waals surface area (Å²) in [5.74, 6) is -1.13. The Morgan fingerprint density at radius 2 is 1.58 bits per heavy atom. The van der Waals surface area contributed by atoms with E-state index in [-0.39, 0.29) is 11.3 Å². The lowest BCUT2D eigenvalue weighted by Gasteiger charge is -2.11. The first kappa shape index (κ1) is 18.3. The molecule has 0 aliphatic rings. The van der Waals surface area contributed by atoms with Crippen molar-refractivity contribution in [2.24, 2.45) is 0 Å². The normalized spacial score (nSPS) is 11.0. The largest absolute Gasteiger partial charge is 0.507 e. The number of carboxylic acid groups (broad SMARTS) is 1. The van der Waals surface area contributed by atoms with Crippen molar-refractivity contribution in [2.45, 2.75) is 64.7 Å². The summed E-state index contributed by atoms with van der Waals surface area (Å²) in [5, 5.41) is 21.3. The number of unbranched alkanes of at least 4 members (excludes halogenated alkanes) is 7. The van der Waals surface area contributed by atoms with Crippen molar-refractivity contribution in [3.63, 3.8) is 0 Å². The van der Waals surface area contributed by atoms with Gasteiger partial charge in [0.15, 0.2) is 0 Å². The molecule has 2 rings (SSSR count). The van der Waals surface area contributed by atoms with Crippen LogP contribution < -0.4 is 0 Å². The van der Waals surface area contributed by atoms with Crippen molar-refractivity contribution >= 4 is 16.7 Å². The number of hydrogen-bond acceptors (Lipinski definition) is 2. The third kappa shape index (κ3) is 4.73. The molecule has 0 saturated heterocycles. The lowest BCUT2D eigenvalue weighted by atomic mass is 9.96. The predicted molar refractivity (Wildman–Crippen MR) is 98.9 cm³/mol. The third-order valence-electron chi connectivity index (χ3n) is 4.61. The average molecular weight is 328 g/mol. The summed E-state index contributed by atoms with van der Waals surface area (Å²) in [5.41, 5.74) is 0.778. The van der Waals surface area contributed by atoms with E-state index in [0.717, 1.165) is 30.2 Å². The number of aromatic hydroxyl groups is 1. The van der Waals surface area contributed by atoms with Crippen molar-refractivity contribution < 1.29 is 15.0 Å². The van der Waals surface area contributed by atoms with Gasteiger partial charge in [-0.25, -0.2) is 4.79 Å². The number of fused-ring (bicyclic) bond motifs is 1. The number of benzene rings is 2. The van der Waals surface area contributed by atoms with Crippen molar-refractivity contribution in [2.75, 3.05) is 0 Å². The van der Waals surface area contributed by atoms with Gasteiger partial charge in [0, 0.05) is 0 Å². The molecule has 2 N–H and O–H groups in total. The second-order valence-corrected chi connectivity index (χ2v) is 6.51. The van der Waals surface area contributed by atoms with Crippen LogP contribution in [0.15, 0.2) is 30.3 Å². The first-order valence-corrected chi connectivity index (χ1v) is 9.12. The Hall–Kier alpha value is -2.03. The van der Waals surface area contributed by atoms with Gasteiger partial charge >= 0.3 is 5.97 Å². The van der Waals surface area contributed by atoms with E-state index in [1.807, 2.05) is 18.2 Å². The molecule has 0 spiro atoms. The molecule has 0 unspecified atom stereocenters. The van der Waals surface area contributed by atoms with Gasteiger partial charge < -0.3 is 10.2 Å². The van der Waals surface area contributed by atoms with Crippen molar-refractivity contribution in [1.82, 2.24) is 0 Å². The molecule has 0 heterocycles. The van der Waals surface area contributed by atoms with Crippen LogP contribution in [0.2, 0.25) is 0 Å². The highest BCUT2D eigenvalue weighted by atomic mass is 16.4. The molecule has 0 aromatic heterocycles. The van der Waals surface area contributed by atoms with Crippen LogP contribution in [0.1, 0.15) is 74.2 Å². The van der Waals surface area contributed by atoms with Crippen LogP contribution in [0.4, 0.5) is 0 Å². The first-order chi connectivity index (χ1) is 11.6. The minimum absolute atomic E-state index is 0.0302. The zero-order valence-electron chi connectivity index (χ0n) is 14.6. The second kappa shape index (κ2) is 9.31. The monoisotopic (exact) mass is 328 g/mol. The lowest BCUT2D eigenvalue weighted by Crippen LogP contribution is -2.01. The van der Waals surface area contributed by atoms with E-state index in [0.29, 0.717) is 5.39 Å². The van der Waals surface area contributed by atoms with E-state index in [4.69, 9.17) is 0 Å². The molecular formula is C21H28O3. The number of hydrogen-bond donors (Lipinski definition) is 2. The molecule has 3 heteroatoms. The topological polar surface area (TPSA) is 57.5 Å². The standard InChI is InChI=1S/C21H28O3/c1-2-3-4-5-6-7-8-9-13-17-15-16-12-10-11-14-18(16)19(20(17)22)21(23)24/h10-12,14-15,22H,2-9,13H2,1H3,(H,23,24). The Balaban J connectivity index is 1.97. The van der Waals surface area contributed by atoms with E-state index in [1.54, 1.807) is 12.1 Å². The highest BCUT2D eigenvalue weighted by Gasteiger charge is 2.17. The number of phenols is 1. The number of carboxylic acids is 1. The maximum atomic E-state index is 11.5. The van der Waals surface area contributed by atoms with Gasteiger partial charge in [0.05, 0.1) is 0 Å². The van der Waals surface area contributed by atoms with Crippen LogP contribution in [0.5, 0.6) is 5.75 Å². The smallest absolute Gasteiger partial charge is 0.340 e. The molecule has 0 saturated carbocycles. The van der Waals surface area contributed by atoms with Crippen LogP contribution in [0.25, 0.3) is 10.8 Å². The Bertz CT molecular complexity index is 676. The van der Waals surface area contributed by atoms with Gasteiger partial charge in [0.2, 0.25) is 0 Å². The minimum atomic E-state index is -1.07. The molecular weight excluding hydrogens is 300 g/mol. The molecule has 0 radical (unpaired) electrons. The zero-order chi connectivity index (χ0) is 17.4. The Labute approximate surface area is 144 Å². The molecule has 2 aromatic rings. The van der Waals surface area contributed by atoms with Crippen LogP contribution in [0, 0.1) is 0 Å². The molecule has 0 amide bonds. The summed E-state index contributed by atoms with van der Waals surface area (Å²) >= 11 is 0. The van der Waals surface area contributed by atoms with Crippen molar-refractivity contribution in [1.29, 1.82) is 0 Å². The molecule has 0 atom stereocenters. The fraction of sp³-hybridized carbons (Fsp3) is 0.476. The Kier molecular flexibility index (Phi) is 7.10. The van der Waals surface area contributed by atoms with Gasteiger partial charge in [-0.3, -0.25) is 0 Å². The minimum Gasteiger partial charge on any atom is -0.507 e. The predicted octanol–water partition coefficient (Wildman–Crippen LogP) is 5.93. The van der Waals surface area contributed by atoms with Crippen LogP contribution in [-0.4, -0.2) is 16.2 Å². The summed E-state index contributed by atoms with van der Waals surface area (Å²) in [4.78, 5) is 11.5. The van der Waals surface area contributed by atoms with E-state index in [9.17, 15) is 15.0 Å². The van der Waals surface area contributed by atoms with Gasteiger partial charge in [-0.1, -0.05) is 76.1 Å². The van der Waals surface area contributed by atoms with Gasteiger partial charge in [0.1, 0.15) is 11.3 Å². The fourth-order valence-electron chi connectivity index (χ4n) is 3.25. The molecule has 0 aliphatic heterocycles. The number of carbonyl (C=O) groups is 1. The van der Waals surface area contributed by atoms with Crippen LogP contribution >= 0.6 is 0 Å². The summed E-state index contributed by atoms with van der Waals surface area (Å²) < 4.78 is 0. The van der Waals surface area contributed by atoms with Crippen LogP contribution in [-0.2, 0) is 6.42 Å². The average Bonchev–Trinajstić information content (AvgIpc) is 2.57. The molecule has 2 aromatic carbocycles. The maximum absolute atomic E-state index is 11.5. The Morgan fingerprint density at radius 1 is 0.958 bits per heavy atom. The fourth-order valence-corrected chi connectivity index (χ4v) is 3.25. The lowest BCUT2D eigenvalue weighted by molar-refractivity contribution is 0.0696. The highest BCUT2D eigenvalue weighted by Crippen LogP contribution is 2.32. The summed E-state index contributed by atoms with van der Waals surface area (Å²) in [7, 11) is 0. The van der Waals surface area contributed by atoms with Gasteiger partial charge in [-0.05, 0) is 35.2 Å². The van der Waals surface area contributed by atoms with Gasteiger partial charge in [0.25, 0.3) is 0 Å². The molecule has 24 heavy (non-hydrogen) atoms. The van der Waals surface area contributed by atoms with Crippen LogP contribution in [0.3, 0.4) is 0 Å². The third-order valence-corrected chi connectivity index (χ3v) is 4.61. The van der Waals surface area contributed by atoms with Gasteiger partial charge in [-0.2, -0.15) is 0 Å². The second-order valence-electron chi connectivity index (χ2n) is 6.51. The highest BCUT2D eigenvalue weighted by molar-refractivity contribution is 6.06. The first-order valence-electron chi connectivity index (χ1n) is 9.12. The molecule has 3 nitrogen and oxygen atoms in total. The Morgan fingerprint density at radius 3 is 2.25 bits per heavy atom. The van der Waals surface area contributed by atoms with Crippen molar-refractivity contribution in [3.05, 3.63) is 41.5 Å². The number of rotatable bonds is 10. The molecule has 0 bridgehead atoms. The molecule has 130 valence electrons. The summed E-state index contributed by atoms with van der Waals surface area (Å²) in [6.45, 7) is 2.22. The summed E-state index contributed by atoms with van der Waals surface area (Å²) in [6, 6.07) is 9.27. The maximum Gasteiger partial charge on any atom is 0.340 e. The van der Waals surface area contributed by atoms with E-state index in [2.05, 4.69) is 6.92 Å². The number of aromatic carboxylic acids is 1. The SMILES string of the molecule is CCCCCCCCCCc1cc2ccccc2c(C(=O)O)c1O. The van der Waals surface area contributed by atoms with E-state index < -0.39 is 5.97 Å². The van der Waals surface area contributed by atoms with E-state index in [1.165, 1.54) is 38.5 Å². The zero-order valence-corrected chi connectivity index (χ0v) is 14.6. The molecule has 0 fully saturated rings. The van der Waals surface area contributed by atoms with E-state index >= 15 is 0 Å². The summed E-state index contributed by atoms with van der Waals surface area (Å²) in [6.07, 6.45) is 10.5. The molecule has 0 aliphatic carbocycles.